The Balaban J connectivity index is 2.36. The first-order valence-corrected chi connectivity index (χ1v) is 6.13. The van der Waals surface area contributed by atoms with Crippen LogP contribution in [0.4, 0.5) is 8.78 Å². The molecule has 3 nitrogen and oxygen atoms in total. The number of benzene rings is 1. The van der Waals surface area contributed by atoms with Crippen LogP contribution < -0.4 is 16.0 Å². The van der Waals surface area contributed by atoms with Gasteiger partial charge >= 0.3 is 6.61 Å². The molecule has 6 heteroatoms. The Hall–Kier alpha value is -1.50. The van der Waals surface area contributed by atoms with Gasteiger partial charge in [-0.05, 0) is 17.5 Å². The first-order chi connectivity index (χ1) is 8.72. The lowest BCUT2D eigenvalue weighted by molar-refractivity contribution is -0.0506. The van der Waals surface area contributed by atoms with Gasteiger partial charge in [-0.15, -0.1) is 11.3 Å². The predicted octanol–water partition coefficient (Wildman–Crippen LogP) is 2.90. The van der Waals surface area contributed by atoms with Crippen LogP contribution in [-0.4, -0.2) is 6.61 Å². The highest BCUT2D eigenvalue weighted by Gasteiger charge is 2.19. The Morgan fingerprint density at radius 2 is 1.94 bits per heavy atom. The van der Waals surface area contributed by atoms with Crippen LogP contribution in [0.5, 0.6) is 5.75 Å². The average Bonchev–Trinajstić information content (AvgIpc) is 2.85. The van der Waals surface area contributed by atoms with Crippen molar-refractivity contribution in [3.8, 4) is 5.75 Å². The number of hydrogen-bond acceptors (Lipinski definition) is 4. The van der Waals surface area contributed by atoms with E-state index < -0.39 is 6.61 Å². The monoisotopic (exact) mass is 270 g/mol. The topological polar surface area (TPSA) is 47.3 Å². The van der Waals surface area contributed by atoms with Gasteiger partial charge in [-0.2, -0.15) is 8.78 Å². The second-order valence-corrected chi connectivity index (χ2v) is 4.51. The van der Waals surface area contributed by atoms with Gasteiger partial charge in [0.2, 0.25) is 0 Å². The van der Waals surface area contributed by atoms with E-state index in [1.807, 2.05) is 17.5 Å². The molecule has 0 aliphatic carbocycles. The van der Waals surface area contributed by atoms with E-state index in [9.17, 15) is 8.78 Å². The molecule has 0 fully saturated rings. The third-order valence-corrected chi connectivity index (χ3v) is 3.38. The molecule has 0 radical (unpaired) electrons. The molecule has 3 N–H and O–H groups in total. The Labute approximate surface area is 107 Å². The molecule has 0 saturated carbocycles. The predicted molar refractivity (Wildman–Crippen MR) is 66.6 cm³/mol. The van der Waals surface area contributed by atoms with E-state index in [0.717, 1.165) is 4.88 Å². The number of halogens is 2. The summed E-state index contributed by atoms with van der Waals surface area (Å²) in [7, 11) is 0. The van der Waals surface area contributed by atoms with Crippen molar-refractivity contribution in [1.82, 2.24) is 5.43 Å². The Kier molecular flexibility index (Phi) is 4.24. The summed E-state index contributed by atoms with van der Waals surface area (Å²) in [6.07, 6.45) is 0. The number of nitrogens with one attached hydrogen (secondary N) is 1. The van der Waals surface area contributed by atoms with Gasteiger partial charge in [-0.1, -0.05) is 24.3 Å². The Morgan fingerprint density at radius 1 is 1.17 bits per heavy atom. The lowest BCUT2D eigenvalue weighted by Crippen LogP contribution is -2.28. The lowest BCUT2D eigenvalue weighted by Gasteiger charge is -2.18. The highest BCUT2D eigenvalue weighted by atomic mass is 32.1. The second kappa shape index (κ2) is 5.90. The van der Waals surface area contributed by atoms with E-state index in [4.69, 9.17) is 5.84 Å². The van der Waals surface area contributed by atoms with Crippen LogP contribution in [0.1, 0.15) is 16.5 Å². The minimum atomic E-state index is -2.85. The number of rotatable bonds is 5. The molecule has 0 aliphatic rings. The largest absolute Gasteiger partial charge is 0.434 e. The van der Waals surface area contributed by atoms with Gasteiger partial charge < -0.3 is 4.74 Å². The van der Waals surface area contributed by atoms with Crippen LogP contribution in [0.3, 0.4) is 0 Å². The fraction of sp³-hybridized carbons (Fsp3) is 0.167. The minimum absolute atomic E-state index is 0.129. The van der Waals surface area contributed by atoms with Crippen molar-refractivity contribution < 1.29 is 13.5 Å². The van der Waals surface area contributed by atoms with E-state index in [1.165, 1.54) is 17.4 Å². The zero-order valence-electron chi connectivity index (χ0n) is 9.35. The number of ether oxygens (including phenoxy) is 1. The van der Waals surface area contributed by atoms with E-state index in [2.05, 4.69) is 10.2 Å². The van der Waals surface area contributed by atoms with Crippen LogP contribution in [0, 0.1) is 0 Å². The average molecular weight is 270 g/mol. The fourth-order valence-corrected chi connectivity index (χ4v) is 2.51. The molecule has 1 aromatic heterocycles. The van der Waals surface area contributed by atoms with Crippen LogP contribution in [0.25, 0.3) is 0 Å². The quantitative estimate of drug-likeness (QED) is 0.648. The molecule has 96 valence electrons. The maximum Gasteiger partial charge on any atom is 0.387 e. The number of alkyl halides is 2. The van der Waals surface area contributed by atoms with Crippen molar-refractivity contribution in [2.75, 3.05) is 0 Å². The maximum absolute atomic E-state index is 12.3. The van der Waals surface area contributed by atoms with Crippen LogP contribution in [-0.2, 0) is 0 Å². The second-order valence-electron chi connectivity index (χ2n) is 3.53. The lowest BCUT2D eigenvalue weighted by atomic mass is 10.0. The molecule has 0 aliphatic heterocycles. The summed E-state index contributed by atoms with van der Waals surface area (Å²) in [5, 5.41) is 1.90. The molecule has 0 saturated heterocycles. The van der Waals surface area contributed by atoms with Crippen LogP contribution in [0.2, 0.25) is 0 Å². The SMILES string of the molecule is NNC(c1cccs1)c1ccccc1OC(F)F. The first kappa shape index (κ1) is 12.9. The molecular formula is C12H12F2N2OS. The molecule has 1 heterocycles. The highest BCUT2D eigenvalue weighted by Crippen LogP contribution is 2.32. The van der Waals surface area contributed by atoms with Crippen LogP contribution >= 0.6 is 11.3 Å². The Morgan fingerprint density at radius 3 is 2.56 bits per heavy atom. The molecular weight excluding hydrogens is 258 g/mol. The van der Waals surface area contributed by atoms with Crippen LogP contribution in [0.15, 0.2) is 41.8 Å². The number of hydrogen-bond donors (Lipinski definition) is 2. The molecule has 1 aromatic carbocycles. The van der Waals surface area contributed by atoms with E-state index in [1.54, 1.807) is 18.2 Å². The van der Waals surface area contributed by atoms with Gasteiger partial charge in [0, 0.05) is 10.4 Å². The van der Waals surface area contributed by atoms with Crippen molar-refractivity contribution >= 4 is 11.3 Å². The smallest absolute Gasteiger partial charge is 0.387 e. The third-order valence-electron chi connectivity index (χ3n) is 2.44. The molecule has 2 rings (SSSR count). The zero-order chi connectivity index (χ0) is 13.0. The van der Waals surface area contributed by atoms with Gasteiger partial charge in [0.15, 0.2) is 0 Å². The number of nitrogens with two attached hydrogens (primary N) is 1. The molecule has 0 bridgehead atoms. The molecule has 1 unspecified atom stereocenters. The third kappa shape index (κ3) is 2.84. The Bertz CT molecular complexity index is 491. The molecule has 0 spiro atoms. The van der Waals surface area contributed by atoms with Gasteiger partial charge in [-0.3, -0.25) is 5.84 Å². The summed E-state index contributed by atoms with van der Waals surface area (Å²) in [6.45, 7) is -2.85. The molecule has 2 aromatic rings. The summed E-state index contributed by atoms with van der Waals surface area (Å²) >= 11 is 1.49. The van der Waals surface area contributed by atoms with Crippen molar-refractivity contribution in [3.63, 3.8) is 0 Å². The van der Waals surface area contributed by atoms with Gasteiger partial charge in [0.05, 0.1) is 6.04 Å². The molecule has 0 amide bonds. The van der Waals surface area contributed by atoms with Crippen molar-refractivity contribution in [2.24, 2.45) is 5.84 Å². The molecule has 1 atom stereocenters. The van der Waals surface area contributed by atoms with E-state index >= 15 is 0 Å². The summed E-state index contributed by atoms with van der Waals surface area (Å²) in [4.78, 5) is 0.933. The van der Waals surface area contributed by atoms with E-state index in [0.29, 0.717) is 5.56 Å². The standard InChI is InChI=1S/C12H12F2N2OS/c13-12(14)17-9-5-2-1-4-8(9)11(16-15)10-6-3-7-18-10/h1-7,11-12,16H,15H2. The van der Waals surface area contributed by atoms with E-state index in [-0.39, 0.29) is 11.8 Å². The van der Waals surface area contributed by atoms with Gasteiger partial charge in [-0.25, -0.2) is 5.43 Å². The fourth-order valence-electron chi connectivity index (χ4n) is 1.70. The summed E-state index contributed by atoms with van der Waals surface area (Å²) in [6, 6.07) is 10.0. The first-order valence-electron chi connectivity index (χ1n) is 5.25. The normalized spacial score (nSPS) is 12.7. The summed E-state index contributed by atoms with van der Waals surface area (Å²) < 4.78 is 29.2. The van der Waals surface area contributed by atoms with Crippen molar-refractivity contribution in [3.05, 3.63) is 52.2 Å². The summed E-state index contributed by atoms with van der Waals surface area (Å²) in [5.74, 6) is 5.64. The maximum atomic E-state index is 12.3. The highest BCUT2D eigenvalue weighted by molar-refractivity contribution is 7.10. The number of para-hydroxylation sites is 1. The van der Waals surface area contributed by atoms with Gasteiger partial charge in [0.1, 0.15) is 5.75 Å². The van der Waals surface area contributed by atoms with Gasteiger partial charge in [0.25, 0.3) is 0 Å². The molecule has 18 heavy (non-hydrogen) atoms. The summed E-state index contributed by atoms with van der Waals surface area (Å²) in [5.41, 5.74) is 3.21. The van der Waals surface area contributed by atoms with Crippen molar-refractivity contribution in [1.29, 1.82) is 0 Å². The zero-order valence-corrected chi connectivity index (χ0v) is 10.2. The number of hydrazine groups is 1. The van der Waals surface area contributed by atoms with Crippen molar-refractivity contribution in [2.45, 2.75) is 12.7 Å². The number of thiophene rings is 1. The minimum Gasteiger partial charge on any atom is -0.434 e.